The largest absolute Gasteiger partial charge is 0.462 e. The lowest BCUT2D eigenvalue weighted by Gasteiger charge is -2.08. The molecule has 0 atom stereocenters. The lowest BCUT2D eigenvalue weighted by Crippen LogP contribution is -2.16. The first kappa shape index (κ1) is 16.8. The molecule has 0 radical (unpaired) electrons. The number of halogens is 2. The van der Waals surface area contributed by atoms with E-state index >= 15 is 0 Å². The molecule has 0 unspecified atom stereocenters. The zero-order chi connectivity index (χ0) is 16.8. The van der Waals surface area contributed by atoms with Crippen molar-refractivity contribution in [1.29, 1.82) is 0 Å². The maximum Gasteiger partial charge on any atom is 0.417 e. The number of rotatable bonds is 4. The van der Waals surface area contributed by atoms with E-state index in [-0.39, 0.29) is 17.4 Å². The van der Waals surface area contributed by atoms with Crippen LogP contribution in [0, 0.1) is 5.82 Å². The van der Waals surface area contributed by atoms with Gasteiger partial charge in [0.1, 0.15) is 11.6 Å². The Bertz CT molecular complexity index is 719. The van der Waals surface area contributed by atoms with Crippen LogP contribution in [-0.4, -0.2) is 18.7 Å². The standard InChI is InChI=1S/C16H13ClFNO4/c1-2-22-15(20)10-3-6-12(7-4-10)23-16(21)19-11-5-8-14(18)13(17)9-11/h3-9H,2H2,1H3,(H,19,21). The Morgan fingerprint density at radius 1 is 1.17 bits per heavy atom. The lowest BCUT2D eigenvalue weighted by atomic mass is 10.2. The highest BCUT2D eigenvalue weighted by Crippen LogP contribution is 2.20. The second-order valence-corrected chi connectivity index (χ2v) is 4.80. The van der Waals surface area contributed by atoms with Gasteiger partial charge >= 0.3 is 12.1 Å². The predicted molar refractivity (Wildman–Crippen MR) is 83.5 cm³/mol. The number of anilines is 1. The average molecular weight is 338 g/mol. The molecule has 0 aliphatic heterocycles. The normalized spacial score (nSPS) is 10.0. The molecule has 0 bridgehead atoms. The van der Waals surface area contributed by atoms with Crippen LogP contribution in [0.3, 0.4) is 0 Å². The van der Waals surface area contributed by atoms with Gasteiger partial charge in [0.05, 0.1) is 17.2 Å². The third-order valence-corrected chi connectivity index (χ3v) is 3.03. The van der Waals surface area contributed by atoms with Crippen molar-refractivity contribution in [2.24, 2.45) is 0 Å². The van der Waals surface area contributed by atoms with Crippen molar-refractivity contribution in [3.63, 3.8) is 0 Å². The van der Waals surface area contributed by atoms with Crippen molar-refractivity contribution in [2.75, 3.05) is 11.9 Å². The fraction of sp³-hybridized carbons (Fsp3) is 0.125. The lowest BCUT2D eigenvalue weighted by molar-refractivity contribution is 0.0526. The van der Waals surface area contributed by atoms with Gasteiger partial charge in [0.15, 0.2) is 0 Å². The highest BCUT2D eigenvalue weighted by Gasteiger charge is 2.09. The number of carbonyl (C=O) groups excluding carboxylic acids is 2. The van der Waals surface area contributed by atoms with Crippen LogP contribution >= 0.6 is 11.6 Å². The van der Waals surface area contributed by atoms with Crippen LogP contribution in [0.1, 0.15) is 17.3 Å². The minimum absolute atomic E-state index is 0.110. The molecule has 7 heteroatoms. The molecule has 2 aromatic rings. The van der Waals surface area contributed by atoms with Gasteiger partial charge in [-0.25, -0.2) is 14.0 Å². The second kappa shape index (κ2) is 7.60. The Kier molecular flexibility index (Phi) is 5.54. The third kappa shape index (κ3) is 4.69. The second-order valence-electron chi connectivity index (χ2n) is 4.39. The highest BCUT2D eigenvalue weighted by atomic mass is 35.5. The summed E-state index contributed by atoms with van der Waals surface area (Å²) in [5.41, 5.74) is 0.648. The Morgan fingerprint density at radius 3 is 2.48 bits per heavy atom. The highest BCUT2D eigenvalue weighted by molar-refractivity contribution is 6.31. The molecule has 0 spiro atoms. The molecule has 0 saturated heterocycles. The smallest absolute Gasteiger partial charge is 0.417 e. The topological polar surface area (TPSA) is 64.6 Å². The SMILES string of the molecule is CCOC(=O)c1ccc(OC(=O)Nc2ccc(F)c(Cl)c2)cc1. The number of ether oxygens (including phenoxy) is 2. The molecule has 0 aliphatic carbocycles. The van der Waals surface area contributed by atoms with Crippen LogP contribution in [0.15, 0.2) is 42.5 Å². The van der Waals surface area contributed by atoms with Crippen molar-refractivity contribution >= 4 is 29.4 Å². The molecule has 1 N–H and O–H groups in total. The van der Waals surface area contributed by atoms with Crippen molar-refractivity contribution in [3.8, 4) is 5.75 Å². The minimum atomic E-state index is -0.767. The van der Waals surface area contributed by atoms with Gasteiger partial charge in [0.25, 0.3) is 0 Å². The summed E-state index contributed by atoms with van der Waals surface area (Å²) < 4.78 is 22.9. The predicted octanol–water partition coefficient (Wildman–Crippen LogP) is 4.27. The maximum atomic E-state index is 13.0. The fourth-order valence-corrected chi connectivity index (χ4v) is 1.88. The molecular weight excluding hydrogens is 325 g/mol. The first-order chi connectivity index (χ1) is 11.0. The number of nitrogens with one attached hydrogen (secondary N) is 1. The zero-order valence-corrected chi connectivity index (χ0v) is 12.9. The number of carbonyl (C=O) groups is 2. The van der Waals surface area contributed by atoms with E-state index in [0.717, 1.165) is 6.07 Å². The summed E-state index contributed by atoms with van der Waals surface area (Å²) in [6, 6.07) is 9.64. The number of esters is 1. The Labute approximate surface area is 137 Å². The van der Waals surface area contributed by atoms with E-state index in [0.29, 0.717) is 11.3 Å². The van der Waals surface area contributed by atoms with E-state index in [1.807, 2.05) is 0 Å². The molecule has 2 rings (SSSR count). The zero-order valence-electron chi connectivity index (χ0n) is 12.1. The molecule has 1 amide bonds. The van der Waals surface area contributed by atoms with Gasteiger partial charge in [-0.2, -0.15) is 0 Å². The first-order valence-corrected chi connectivity index (χ1v) is 7.08. The van der Waals surface area contributed by atoms with E-state index in [2.05, 4.69) is 5.32 Å². The minimum Gasteiger partial charge on any atom is -0.462 e. The first-order valence-electron chi connectivity index (χ1n) is 6.70. The molecule has 0 aromatic heterocycles. The average Bonchev–Trinajstić information content (AvgIpc) is 2.52. The van der Waals surface area contributed by atoms with E-state index in [1.165, 1.54) is 36.4 Å². The van der Waals surface area contributed by atoms with Crippen molar-refractivity contribution in [2.45, 2.75) is 6.92 Å². The number of hydrogen-bond acceptors (Lipinski definition) is 4. The van der Waals surface area contributed by atoms with E-state index in [1.54, 1.807) is 6.92 Å². The number of hydrogen-bond donors (Lipinski definition) is 1. The summed E-state index contributed by atoms with van der Waals surface area (Å²) in [5.74, 6) is -0.798. The van der Waals surface area contributed by atoms with Gasteiger partial charge in [-0.05, 0) is 49.4 Å². The molecule has 120 valence electrons. The monoisotopic (exact) mass is 337 g/mol. The summed E-state index contributed by atoms with van der Waals surface area (Å²) in [4.78, 5) is 23.2. The summed E-state index contributed by atoms with van der Waals surface area (Å²) in [6.45, 7) is 1.99. The van der Waals surface area contributed by atoms with Crippen LogP contribution in [0.2, 0.25) is 5.02 Å². The number of benzene rings is 2. The van der Waals surface area contributed by atoms with Crippen LogP contribution in [0.25, 0.3) is 0 Å². The molecule has 23 heavy (non-hydrogen) atoms. The van der Waals surface area contributed by atoms with Gasteiger partial charge in [0.2, 0.25) is 0 Å². The van der Waals surface area contributed by atoms with Crippen LogP contribution in [-0.2, 0) is 4.74 Å². The number of amides is 1. The van der Waals surface area contributed by atoms with Crippen molar-refractivity contribution < 1.29 is 23.5 Å². The van der Waals surface area contributed by atoms with E-state index < -0.39 is 17.9 Å². The van der Waals surface area contributed by atoms with Gasteiger partial charge in [-0.1, -0.05) is 11.6 Å². The summed E-state index contributed by atoms with van der Waals surface area (Å²) >= 11 is 5.62. The van der Waals surface area contributed by atoms with Gasteiger partial charge < -0.3 is 9.47 Å². The van der Waals surface area contributed by atoms with Gasteiger partial charge in [-0.15, -0.1) is 0 Å². The molecular formula is C16H13ClFNO4. The molecule has 2 aromatic carbocycles. The fourth-order valence-electron chi connectivity index (χ4n) is 1.70. The quantitative estimate of drug-likeness (QED) is 0.846. The Balaban J connectivity index is 1.97. The molecule has 0 heterocycles. The van der Waals surface area contributed by atoms with E-state index in [4.69, 9.17) is 21.1 Å². The van der Waals surface area contributed by atoms with Crippen LogP contribution in [0.4, 0.5) is 14.9 Å². The molecule has 0 fully saturated rings. The van der Waals surface area contributed by atoms with Gasteiger partial charge in [0, 0.05) is 5.69 Å². The van der Waals surface area contributed by atoms with Gasteiger partial charge in [-0.3, -0.25) is 5.32 Å². The summed E-state index contributed by atoms with van der Waals surface area (Å²) in [6.07, 6.45) is -0.767. The summed E-state index contributed by atoms with van der Waals surface area (Å²) in [7, 11) is 0. The summed E-state index contributed by atoms with van der Waals surface area (Å²) in [5, 5.41) is 2.30. The molecule has 0 aliphatic rings. The van der Waals surface area contributed by atoms with Crippen LogP contribution < -0.4 is 10.1 Å². The van der Waals surface area contributed by atoms with Crippen LogP contribution in [0.5, 0.6) is 5.75 Å². The Hall–Kier alpha value is -2.60. The van der Waals surface area contributed by atoms with Crippen molar-refractivity contribution in [1.82, 2.24) is 0 Å². The Morgan fingerprint density at radius 2 is 1.87 bits per heavy atom. The van der Waals surface area contributed by atoms with E-state index in [9.17, 15) is 14.0 Å². The third-order valence-electron chi connectivity index (χ3n) is 2.74. The maximum absolute atomic E-state index is 13.0. The molecule has 5 nitrogen and oxygen atoms in total. The van der Waals surface area contributed by atoms with Crippen molar-refractivity contribution in [3.05, 3.63) is 58.9 Å². The molecule has 0 saturated carbocycles.